The van der Waals surface area contributed by atoms with Crippen molar-refractivity contribution in [2.75, 3.05) is 19.6 Å². The van der Waals surface area contributed by atoms with Gasteiger partial charge in [0, 0.05) is 37.3 Å². The second-order valence-electron chi connectivity index (χ2n) is 7.33. The average Bonchev–Trinajstić information content (AvgIpc) is 2.96. The highest BCUT2D eigenvalue weighted by Crippen LogP contribution is 2.21. The third-order valence-corrected chi connectivity index (χ3v) is 5.12. The lowest BCUT2D eigenvalue weighted by molar-refractivity contribution is -0.142. The van der Waals surface area contributed by atoms with Crippen LogP contribution in [0.4, 0.5) is 0 Å². The quantitative estimate of drug-likeness (QED) is 0.806. The maximum Gasteiger partial charge on any atom is 0.239 e. The highest BCUT2D eigenvalue weighted by molar-refractivity contribution is 6.30. The van der Waals surface area contributed by atoms with E-state index in [9.17, 15) is 4.79 Å². The Kier molecular flexibility index (Phi) is 5.63. The lowest BCUT2D eigenvalue weighted by atomic mass is 10.1. The zero-order chi connectivity index (χ0) is 18.8. The summed E-state index contributed by atoms with van der Waals surface area (Å²) in [7, 11) is 1.96. The Morgan fingerprint density at radius 1 is 1.19 bits per heavy atom. The second kappa shape index (κ2) is 7.76. The molecule has 140 valence electrons. The van der Waals surface area contributed by atoms with Gasteiger partial charge in [0.15, 0.2) is 5.82 Å². The molecule has 0 bridgehead atoms. The van der Waals surface area contributed by atoms with Gasteiger partial charge >= 0.3 is 0 Å². The van der Waals surface area contributed by atoms with Gasteiger partial charge in [-0.05, 0) is 37.1 Å². The number of piperazine rings is 1. The van der Waals surface area contributed by atoms with E-state index < -0.39 is 0 Å². The summed E-state index contributed by atoms with van der Waals surface area (Å²) < 4.78 is 1.99. The topological polar surface area (TPSA) is 54.3 Å². The van der Waals surface area contributed by atoms with Crippen LogP contribution in [0.5, 0.6) is 0 Å². The predicted molar refractivity (Wildman–Crippen MR) is 103 cm³/mol. The average molecular weight is 376 g/mol. The van der Waals surface area contributed by atoms with Crippen LogP contribution in [0.1, 0.15) is 26.6 Å². The maximum absolute atomic E-state index is 12.6. The van der Waals surface area contributed by atoms with Gasteiger partial charge in [0.25, 0.3) is 0 Å². The highest BCUT2D eigenvalue weighted by atomic mass is 35.5. The van der Waals surface area contributed by atoms with Crippen LogP contribution in [0.2, 0.25) is 5.02 Å². The largest absolute Gasteiger partial charge is 0.340 e. The van der Waals surface area contributed by atoms with Gasteiger partial charge in [-0.3, -0.25) is 9.69 Å². The molecule has 7 heteroatoms. The van der Waals surface area contributed by atoms with E-state index in [1.165, 1.54) is 0 Å². The van der Waals surface area contributed by atoms with Crippen LogP contribution in [-0.2, 0) is 18.4 Å². The number of benzene rings is 1. The van der Waals surface area contributed by atoms with Crippen molar-refractivity contribution < 1.29 is 4.79 Å². The van der Waals surface area contributed by atoms with Crippen LogP contribution in [0.25, 0.3) is 11.4 Å². The fourth-order valence-corrected chi connectivity index (χ4v) is 3.47. The zero-order valence-electron chi connectivity index (χ0n) is 15.8. The summed E-state index contributed by atoms with van der Waals surface area (Å²) in [6.07, 6.45) is 0. The van der Waals surface area contributed by atoms with Crippen LogP contribution < -0.4 is 0 Å². The van der Waals surface area contributed by atoms with Crippen molar-refractivity contribution in [3.63, 3.8) is 0 Å². The first-order valence-corrected chi connectivity index (χ1v) is 9.41. The van der Waals surface area contributed by atoms with Crippen molar-refractivity contribution >= 4 is 17.5 Å². The normalized spacial score (nSPS) is 18.8. The van der Waals surface area contributed by atoms with Crippen LogP contribution in [-0.4, -0.2) is 56.1 Å². The summed E-state index contributed by atoms with van der Waals surface area (Å²) in [5.41, 5.74) is 0.974. The van der Waals surface area contributed by atoms with E-state index >= 15 is 0 Å². The van der Waals surface area contributed by atoms with Gasteiger partial charge in [0.2, 0.25) is 5.91 Å². The second-order valence-corrected chi connectivity index (χ2v) is 7.77. The van der Waals surface area contributed by atoms with E-state index in [1.54, 1.807) is 0 Å². The number of carbonyl (C=O) groups is 1. The molecule has 1 aromatic carbocycles. The van der Waals surface area contributed by atoms with Gasteiger partial charge in [-0.1, -0.05) is 25.4 Å². The summed E-state index contributed by atoms with van der Waals surface area (Å²) >= 11 is 5.96. The molecule has 2 aromatic rings. The maximum atomic E-state index is 12.6. The van der Waals surface area contributed by atoms with Gasteiger partial charge < -0.3 is 9.47 Å². The Balaban J connectivity index is 1.72. The molecule has 1 atom stereocenters. The molecule has 1 fully saturated rings. The van der Waals surface area contributed by atoms with E-state index in [-0.39, 0.29) is 11.9 Å². The first-order valence-electron chi connectivity index (χ1n) is 9.04. The Hall–Kier alpha value is -1.92. The molecule has 0 radical (unpaired) electrons. The van der Waals surface area contributed by atoms with Crippen LogP contribution in [0.3, 0.4) is 0 Å². The molecule has 26 heavy (non-hydrogen) atoms. The first kappa shape index (κ1) is 18.9. The zero-order valence-corrected chi connectivity index (χ0v) is 16.6. The monoisotopic (exact) mass is 375 g/mol. The molecule has 0 N–H and O–H groups in total. The Morgan fingerprint density at radius 2 is 1.88 bits per heavy atom. The van der Waals surface area contributed by atoms with Crippen LogP contribution in [0, 0.1) is 5.92 Å². The summed E-state index contributed by atoms with van der Waals surface area (Å²) in [5.74, 6) is 2.34. The van der Waals surface area contributed by atoms with Crippen molar-refractivity contribution in [2.45, 2.75) is 33.4 Å². The molecular formula is C19H26ClN5O. The van der Waals surface area contributed by atoms with E-state index in [1.807, 2.05) is 47.7 Å². The third kappa shape index (κ3) is 3.91. The van der Waals surface area contributed by atoms with Gasteiger partial charge in [-0.25, -0.2) is 0 Å². The van der Waals surface area contributed by atoms with Crippen LogP contribution >= 0.6 is 11.6 Å². The number of aromatic nitrogens is 3. The number of nitrogens with zero attached hydrogens (tertiary/aromatic N) is 5. The summed E-state index contributed by atoms with van der Waals surface area (Å²) in [4.78, 5) is 16.8. The van der Waals surface area contributed by atoms with Gasteiger partial charge in [-0.15, -0.1) is 10.2 Å². The number of halogens is 1. The van der Waals surface area contributed by atoms with E-state index in [0.29, 0.717) is 17.5 Å². The van der Waals surface area contributed by atoms with Crippen molar-refractivity contribution in [3.8, 4) is 11.4 Å². The lowest BCUT2D eigenvalue weighted by Crippen LogP contribution is -2.56. The first-order chi connectivity index (χ1) is 12.4. The summed E-state index contributed by atoms with van der Waals surface area (Å²) in [5, 5.41) is 9.37. The van der Waals surface area contributed by atoms with Crippen molar-refractivity contribution in [1.29, 1.82) is 0 Å². The molecule has 1 aliphatic heterocycles. The molecule has 1 amide bonds. The fraction of sp³-hybridized carbons (Fsp3) is 0.526. The van der Waals surface area contributed by atoms with Crippen molar-refractivity contribution in [3.05, 3.63) is 35.1 Å². The number of amides is 1. The number of carbonyl (C=O) groups excluding carboxylic acids is 1. The van der Waals surface area contributed by atoms with E-state index in [2.05, 4.69) is 28.9 Å². The fourth-order valence-electron chi connectivity index (χ4n) is 3.34. The highest BCUT2D eigenvalue weighted by Gasteiger charge is 2.32. The van der Waals surface area contributed by atoms with E-state index in [4.69, 9.17) is 11.6 Å². The molecule has 0 saturated carbocycles. The smallest absolute Gasteiger partial charge is 0.239 e. The molecule has 1 aromatic heterocycles. The third-order valence-electron chi connectivity index (χ3n) is 4.87. The molecule has 1 saturated heterocycles. The van der Waals surface area contributed by atoms with Crippen molar-refractivity contribution in [1.82, 2.24) is 24.6 Å². The predicted octanol–water partition coefficient (Wildman–Crippen LogP) is 2.82. The van der Waals surface area contributed by atoms with Gasteiger partial charge in [-0.2, -0.15) is 0 Å². The number of rotatable bonds is 5. The molecule has 1 aliphatic rings. The minimum absolute atomic E-state index is 0.141. The summed E-state index contributed by atoms with van der Waals surface area (Å²) in [6, 6.07) is 7.43. The SMILES string of the molecule is CC(C)CN1CCN(Cc2nnc(-c3ccc(Cl)cc3)n2C)C(C)C1=O. The molecule has 3 rings (SSSR count). The Bertz CT molecular complexity index is 771. The standard InChI is InChI=1S/C19H26ClN5O/c1-13(2)11-25-10-9-24(14(3)19(25)26)12-17-21-22-18(23(17)4)15-5-7-16(20)8-6-15/h5-8,13-14H,9-12H2,1-4H3. The molecule has 1 unspecified atom stereocenters. The number of hydrogen-bond donors (Lipinski definition) is 0. The molecule has 6 nitrogen and oxygen atoms in total. The Morgan fingerprint density at radius 3 is 2.54 bits per heavy atom. The van der Waals surface area contributed by atoms with E-state index in [0.717, 1.165) is 36.8 Å². The minimum Gasteiger partial charge on any atom is -0.340 e. The molecule has 2 heterocycles. The minimum atomic E-state index is -0.141. The van der Waals surface area contributed by atoms with Gasteiger partial charge in [0.05, 0.1) is 12.6 Å². The van der Waals surface area contributed by atoms with Gasteiger partial charge in [0.1, 0.15) is 5.82 Å². The molecule has 0 aliphatic carbocycles. The van der Waals surface area contributed by atoms with Crippen molar-refractivity contribution in [2.24, 2.45) is 13.0 Å². The lowest BCUT2D eigenvalue weighted by Gasteiger charge is -2.39. The number of hydrogen-bond acceptors (Lipinski definition) is 4. The summed E-state index contributed by atoms with van der Waals surface area (Å²) in [6.45, 7) is 9.31. The Labute approximate surface area is 159 Å². The molecule has 0 spiro atoms. The molecular weight excluding hydrogens is 350 g/mol. The van der Waals surface area contributed by atoms with Crippen LogP contribution in [0.15, 0.2) is 24.3 Å².